The van der Waals surface area contributed by atoms with Crippen molar-refractivity contribution in [2.24, 2.45) is 0 Å². The second-order valence-corrected chi connectivity index (χ2v) is 17.5. The number of rotatable bonds is 5. The van der Waals surface area contributed by atoms with Crippen molar-refractivity contribution >= 4 is 86.8 Å². The van der Waals surface area contributed by atoms with E-state index in [-0.39, 0.29) is 0 Å². The fourth-order valence-electron chi connectivity index (χ4n) is 11.2. The number of benzene rings is 12. The molecule has 0 fully saturated rings. The van der Waals surface area contributed by atoms with Gasteiger partial charge in [0.15, 0.2) is 0 Å². The highest BCUT2D eigenvalue weighted by Crippen LogP contribution is 2.47. The molecular weight excluding hydrogens is 799 g/mol. The minimum absolute atomic E-state index is 0.882. The van der Waals surface area contributed by atoms with Crippen molar-refractivity contribution in [3.63, 3.8) is 0 Å². The number of fused-ring (bicyclic) bond motifs is 10. The normalized spacial score (nSPS) is 11.9. The van der Waals surface area contributed by atoms with Crippen molar-refractivity contribution in [1.82, 2.24) is 4.57 Å². The highest BCUT2D eigenvalue weighted by atomic mass is 16.3. The van der Waals surface area contributed by atoms with E-state index in [9.17, 15) is 0 Å². The Morgan fingerprint density at radius 2 is 0.621 bits per heavy atom. The van der Waals surface area contributed by atoms with Crippen LogP contribution in [0.4, 0.5) is 0 Å². The lowest BCUT2D eigenvalue weighted by atomic mass is 9.85. The van der Waals surface area contributed by atoms with E-state index in [0.717, 1.165) is 33.2 Å². The van der Waals surface area contributed by atoms with Crippen LogP contribution < -0.4 is 0 Å². The first kappa shape index (κ1) is 36.7. The van der Waals surface area contributed by atoms with Crippen LogP contribution in [0.15, 0.2) is 241 Å². The Bertz CT molecular complexity index is 4120. The molecule has 2 heteroatoms. The first-order chi connectivity index (χ1) is 32.8. The SMILES string of the molecule is c1ccc(-c2c3ccccc3c(-c3ccc4c(c3)oc3ccc(-c5c6ccccc6c(-c6cccc(-n7c8ccccc8c8ccccc87)c6)c6ccccc56)cc34)c3ccccc23)cc1. The molecule has 306 valence electrons. The van der Waals surface area contributed by atoms with Gasteiger partial charge in [0.05, 0.1) is 11.0 Å². The summed E-state index contributed by atoms with van der Waals surface area (Å²) in [6, 6.07) is 86.4. The predicted octanol–water partition coefficient (Wildman–Crippen LogP) is 18.0. The van der Waals surface area contributed by atoms with Crippen LogP contribution >= 0.6 is 0 Å². The molecule has 0 saturated carbocycles. The van der Waals surface area contributed by atoms with Gasteiger partial charge in [-0.3, -0.25) is 0 Å². The van der Waals surface area contributed by atoms with Gasteiger partial charge >= 0.3 is 0 Å². The highest BCUT2D eigenvalue weighted by molar-refractivity contribution is 6.24. The van der Waals surface area contributed by atoms with Gasteiger partial charge < -0.3 is 8.98 Å². The van der Waals surface area contributed by atoms with Crippen LogP contribution in [0, 0.1) is 0 Å². The Hall–Kier alpha value is -8.72. The third-order valence-electron chi connectivity index (χ3n) is 13.9. The van der Waals surface area contributed by atoms with E-state index in [1.807, 2.05) is 0 Å². The van der Waals surface area contributed by atoms with E-state index < -0.39 is 0 Å². The zero-order valence-corrected chi connectivity index (χ0v) is 35.9. The fourth-order valence-corrected chi connectivity index (χ4v) is 11.2. The molecule has 0 N–H and O–H groups in total. The van der Waals surface area contributed by atoms with Gasteiger partial charge in [-0.25, -0.2) is 0 Å². The summed E-state index contributed by atoms with van der Waals surface area (Å²) in [5, 5.41) is 14.6. The molecule has 2 heterocycles. The van der Waals surface area contributed by atoms with Gasteiger partial charge in [-0.1, -0.05) is 188 Å². The molecule has 0 bridgehead atoms. The van der Waals surface area contributed by atoms with E-state index >= 15 is 0 Å². The highest BCUT2D eigenvalue weighted by Gasteiger charge is 2.21. The number of nitrogens with zero attached hydrogens (tertiary/aromatic N) is 1. The standard InChI is InChI=1S/C64H39NO/c1-2-17-40(18-3-1)61-48-23-4-6-25-50(48)64(51-26-7-5-24-49(51)61)43-33-35-47-56-38-42(34-36-59(56)66-60(47)39-43)63-54-29-10-8-27-52(54)62(53-28-9-11-30-55(53)63)41-19-16-20-44(37-41)65-57-31-14-12-21-45(57)46-22-13-15-32-58(46)65/h1-39H. The second kappa shape index (κ2) is 14.4. The largest absolute Gasteiger partial charge is 0.456 e. The summed E-state index contributed by atoms with van der Waals surface area (Å²) in [5.74, 6) is 0. The van der Waals surface area contributed by atoms with Gasteiger partial charge in [-0.05, 0) is 136 Å². The topological polar surface area (TPSA) is 18.1 Å². The molecule has 0 aliphatic carbocycles. The first-order valence-corrected chi connectivity index (χ1v) is 22.8. The molecule has 0 amide bonds. The first-order valence-electron chi connectivity index (χ1n) is 22.8. The molecule has 0 saturated heterocycles. The number of aromatic nitrogens is 1. The average Bonchev–Trinajstić information content (AvgIpc) is 3.92. The number of hydrogen-bond donors (Lipinski definition) is 0. The van der Waals surface area contributed by atoms with Crippen LogP contribution in [-0.2, 0) is 0 Å². The summed E-state index contributed by atoms with van der Waals surface area (Å²) in [4.78, 5) is 0. The van der Waals surface area contributed by atoms with Gasteiger partial charge in [0.1, 0.15) is 11.2 Å². The Morgan fingerprint density at radius 3 is 1.14 bits per heavy atom. The summed E-state index contributed by atoms with van der Waals surface area (Å²) in [6.45, 7) is 0. The number of furan rings is 1. The Labute approximate surface area is 380 Å². The number of hydrogen-bond acceptors (Lipinski definition) is 1. The molecule has 14 aromatic rings. The molecule has 0 atom stereocenters. The summed E-state index contributed by atoms with van der Waals surface area (Å²) < 4.78 is 9.18. The lowest BCUT2D eigenvalue weighted by Gasteiger charge is -2.18. The molecule has 66 heavy (non-hydrogen) atoms. The second-order valence-electron chi connectivity index (χ2n) is 17.5. The molecule has 0 spiro atoms. The smallest absolute Gasteiger partial charge is 0.136 e. The molecule has 2 aromatic heterocycles. The maximum absolute atomic E-state index is 6.77. The van der Waals surface area contributed by atoms with Crippen LogP contribution in [-0.4, -0.2) is 4.57 Å². The molecule has 0 aliphatic heterocycles. The van der Waals surface area contributed by atoms with E-state index in [1.54, 1.807) is 0 Å². The van der Waals surface area contributed by atoms with Crippen molar-refractivity contribution in [3.05, 3.63) is 237 Å². The summed E-state index contributed by atoms with van der Waals surface area (Å²) in [6.07, 6.45) is 0. The maximum atomic E-state index is 6.77. The monoisotopic (exact) mass is 837 g/mol. The van der Waals surface area contributed by atoms with Crippen LogP contribution in [0.5, 0.6) is 0 Å². The van der Waals surface area contributed by atoms with Gasteiger partial charge in [-0.15, -0.1) is 0 Å². The molecule has 0 radical (unpaired) electrons. The predicted molar refractivity (Wildman–Crippen MR) is 280 cm³/mol. The minimum atomic E-state index is 0.882. The maximum Gasteiger partial charge on any atom is 0.136 e. The minimum Gasteiger partial charge on any atom is -0.456 e. The number of para-hydroxylation sites is 2. The third-order valence-corrected chi connectivity index (χ3v) is 13.9. The zero-order valence-electron chi connectivity index (χ0n) is 35.9. The zero-order chi connectivity index (χ0) is 43.3. The van der Waals surface area contributed by atoms with Crippen molar-refractivity contribution in [2.75, 3.05) is 0 Å². The van der Waals surface area contributed by atoms with Gasteiger partial charge in [0.2, 0.25) is 0 Å². The van der Waals surface area contributed by atoms with Crippen LogP contribution in [0.25, 0.3) is 137 Å². The Balaban J connectivity index is 0.937. The van der Waals surface area contributed by atoms with Crippen molar-refractivity contribution in [2.45, 2.75) is 0 Å². The molecule has 2 nitrogen and oxygen atoms in total. The fraction of sp³-hybridized carbons (Fsp3) is 0. The third kappa shape index (κ3) is 5.42. The van der Waals surface area contributed by atoms with Gasteiger partial charge in [-0.2, -0.15) is 0 Å². The lowest BCUT2D eigenvalue weighted by Crippen LogP contribution is -1.95. The van der Waals surface area contributed by atoms with Crippen LogP contribution in [0.1, 0.15) is 0 Å². The summed E-state index contributed by atoms with van der Waals surface area (Å²) in [7, 11) is 0. The van der Waals surface area contributed by atoms with Crippen LogP contribution in [0.2, 0.25) is 0 Å². The average molecular weight is 838 g/mol. The van der Waals surface area contributed by atoms with E-state index in [0.29, 0.717) is 0 Å². The molecule has 14 rings (SSSR count). The van der Waals surface area contributed by atoms with Crippen molar-refractivity contribution < 1.29 is 4.42 Å². The summed E-state index contributed by atoms with van der Waals surface area (Å²) >= 11 is 0. The molecular formula is C64H39NO. The lowest BCUT2D eigenvalue weighted by molar-refractivity contribution is 0.669. The van der Waals surface area contributed by atoms with Crippen molar-refractivity contribution in [1.29, 1.82) is 0 Å². The molecule has 0 unspecified atom stereocenters. The molecule has 12 aromatic carbocycles. The van der Waals surface area contributed by atoms with E-state index in [2.05, 4.69) is 241 Å². The Kier molecular flexibility index (Phi) is 8.02. The van der Waals surface area contributed by atoms with Gasteiger partial charge in [0, 0.05) is 27.2 Å². The molecule has 0 aliphatic rings. The van der Waals surface area contributed by atoms with E-state index in [1.165, 1.54) is 104 Å². The quantitative estimate of drug-likeness (QED) is 0.158. The summed E-state index contributed by atoms with van der Waals surface area (Å²) in [5.41, 5.74) is 15.0. The van der Waals surface area contributed by atoms with E-state index in [4.69, 9.17) is 4.42 Å². The van der Waals surface area contributed by atoms with Crippen LogP contribution in [0.3, 0.4) is 0 Å². The van der Waals surface area contributed by atoms with Gasteiger partial charge in [0.25, 0.3) is 0 Å². The van der Waals surface area contributed by atoms with Crippen molar-refractivity contribution in [3.8, 4) is 50.2 Å². The Morgan fingerprint density at radius 1 is 0.227 bits per heavy atom.